The molecule has 14 heavy (non-hydrogen) atoms. The summed E-state index contributed by atoms with van der Waals surface area (Å²) in [5.41, 5.74) is 0.949. The van der Waals surface area contributed by atoms with E-state index in [1.807, 2.05) is 12.1 Å². The molecule has 0 aromatic carbocycles. The lowest BCUT2D eigenvalue weighted by molar-refractivity contribution is 0.511. The lowest BCUT2D eigenvalue weighted by Gasteiger charge is -2.02. The van der Waals surface area contributed by atoms with Crippen molar-refractivity contribution < 1.29 is 4.42 Å². The van der Waals surface area contributed by atoms with E-state index in [-0.39, 0.29) is 0 Å². The summed E-state index contributed by atoms with van der Waals surface area (Å²) in [4.78, 5) is 7.91. The highest BCUT2D eigenvalue weighted by Gasteiger charge is 1.96. The number of rotatable bonds is 3. The maximum absolute atomic E-state index is 5.08. The highest BCUT2D eigenvalue weighted by atomic mass is 79.9. The summed E-state index contributed by atoms with van der Waals surface area (Å²) in [6.45, 7) is 0.614. The van der Waals surface area contributed by atoms with Crippen LogP contribution in [0.25, 0.3) is 0 Å². The van der Waals surface area contributed by atoms with E-state index >= 15 is 0 Å². The maximum atomic E-state index is 5.08. The van der Waals surface area contributed by atoms with Gasteiger partial charge in [0, 0.05) is 0 Å². The fourth-order valence-corrected chi connectivity index (χ4v) is 1.23. The number of pyridine rings is 1. The van der Waals surface area contributed by atoms with Crippen LogP contribution in [0.3, 0.4) is 0 Å². The molecule has 5 heteroatoms. The van der Waals surface area contributed by atoms with Crippen molar-refractivity contribution in [2.75, 3.05) is 5.32 Å². The van der Waals surface area contributed by atoms with Crippen molar-refractivity contribution in [1.29, 1.82) is 0 Å². The van der Waals surface area contributed by atoms with Gasteiger partial charge in [0.2, 0.25) is 0 Å². The molecule has 0 atom stereocenters. The second-order valence-electron chi connectivity index (χ2n) is 2.69. The van der Waals surface area contributed by atoms with E-state index < -0.39 is 0 Å². The van der Waals surface area contributed by atoms with Gasteiger partial charge in [0.1, 0.15) is 10.4 Å². The SMILES string of the molecule is Brc1ccc(NCc2cnco2)cn1. The molecule has 0 aliphatic carbocycles. The minimum absolute atomic E-state index is 0.614. The lowest BCUT2D eigenvalue weighted by atomic mass is 10.4. The van der Waals surface area contributed by atoms with Gasteiger partial charge >= 0.3 is 0 Å². The zero-order chi connectivity index (χ0) is 9.80. The molecule has 4 nitrogen and oxygen atoms in total. The monoisotopic (exact) mass is 253 g/mol. The molecule has 0 spiro atoms. The molecule has 0 radical (unpaired) electrons. The molecule has 0 unspecified atom stereocenters. The van der Waals surface area contributed by atoms with Crippen LogP contribution < -0.4 is 5.32 Å². The van der Waals surface area contributed by atoms with Crippen LogP contribution in [0.5, 0.6) is 0 Å². The largest absolute Gasteiger partial charge is 0.447 e. The quantitative estimate of drug-likeness (QED) is 0.854. The Morgan fingerprint density at radius 1 is 1.36 bits per heavy atom. The summed E-state index contributed by atoms with van der Waals surface area (Å²) >= 11 is 3.27. The van der Waals surface area contributed by atoms with Crippen LogP contribution >= 0.6 is 15.9 Å². The van der Waals surface area contributed by atoms with Crippen LogP contribution in [-0.2, 0) is 6.54 Å². The van der Waals surface area contributed by atoms with Gasteiger partial charge in [-0.3, -0.25) is 0 Å². The van der Waals surface area contributed by atoms with Gasteiger partial charge in [-0.25, -0.2) is 9.97 Å². The summed E-state index contributed by atoms with van der Waals surface area (Å²) in [5.74, 6) is 0.799. The minimum Gasteiger partial charge on any atom is -0.447 e. The van der Waals surface area contributed by atoms with Crippen LogP contribution in [-0.4, -0.2) is 9.97 Å². The molecule has 0 bridgehead atoms. The first-order valence-corrected chi connectivity index (χ1v) is 4.87. The third-order valence-corrected chi connectivity index (χ3v) is 2.15. The van der Waals surface area contributed by atoms with E-state index in [4.69, 9.17) is 4.42 Å². The first-order chi connectivity index (χ1) is 6.84. The Bertz CT molecular complexity index is 385. The van der Waals surface area contributed by atoms with Gasteiger partial charge in [0.25, 0.3) is 0 Å². The molecule has 2 rings (SSSR count). The molecule has 0 saturated carbocycles. The van der Waals surface area contributed by atoms with E-state index in [1.54, 1.807) is 12.4 Å². The number of nitrogens with zero attached hydrogens (tertiary/aromatic N) is 2. The molecule has 1 N–H and O–H groups in total. The van der Waals surface area contributed by atoms with Crippen molar-refractivity contribution in [3.63, 3.8) is 0 Å². The van der Waals surface area contributed by atoms with Gasteiger partial charge in [0.15, 0.2) is 6.39 Å². The first kappa shape index (κ1) is 9.21. The van der Waals surface area contributed by atoms with Crippen molar-refractivity contribution in [3.8, 4) is 0 Å². The zero-order valence-electron chi connectivity index (χ0n) is 7.27. The second-order valence-corrected chi connectivity index (χ2v) is 3.50. The van der Waals surface area contributed by atoms with Crippen molar-refractivity contribution in [2.24, 2.45) is 0 Å². The normalized spacial score (nSPS) is 10.1. The van der Waals surface area contributed by atoms with Crippen LogP contribution in [0.4, 0.5) is 5.69 Å². The number of anilines is 1. The van der Waals surface area contributed by atoms with Gasteiger partial charge in [-0.1, -0.05) is 0 Å². The fourth-order valence-electron chi connectivity index (χ4n) is 0.999. The van der Waals surface area contributed by atoms with E-state index in [0.29, 0.717) is 6.54 Å². The van der Waals surface area contributed by atoms with Gasteiger partial charge in [-0.15, -0.1) is 0 Å². The molecular formula is C9H8BrN3O. The van der Waals surface area contributed by atoms with Crippen LogP contribution in [0.2, 0.25) is 0 Å². The second kappa shape index (κ2) is 4.23. The van der Waals surface area contributed by atoms with E-state index in [2.05, 4.69) is 31.2 Å². The first-order valence-electron chi connectivity index (χ1n) is 4.07. The van der Waals surface area contributed by atoms with Gasteiger partial charge in [-0.2, -0.15) is 0 Å². The highest BCUT2D eigenvalue weighted by molar-refractivity contribution is 9.10. The minimum atomic E-state index is 0.614. The standard InChI is InChI=1S/C9H8BrN3O/c10-9-2-1-7(3-13-9)12-5-8-4-11-6-14-8/h1-4,6,12H,5H2. The van der Waals surface area contributed by atoms with E-state index in [0.717, 1.165) is 16.1 Å². The Morgan fingerprint density at radius 3 is 2.93 bits per heavy atom. The maximum Gasteiger partial charge on any atom is 0.180 e. The fraction of sp³-hybridized carbons (Fsp3) is 0.111. The zero-order valence-corrected chi connectivity index (χ0v) is 8.86. The number of oxazole rings is 1. The van der Waals surface area contributed by atoms with E-state index in [1.165, 1.54) is 6.39 Å². The van der Waals surface area contributed by atoms with Crippen LogP contribution in [0, 0.1) is 0 Å². The van der Waals surface area contributed by atoms with Crippen molar-refractivity contribution in [3.05, 3.63) is 41.3 Å². The number of hydrogen-bond acceptors (Lipinski definition) is 4. The average molecular weight is 254 g/mol. The average Bonchev–Trinajstić information content (AvgIpc) is 2.70. The van der Waals surface area contributed by atoms with Gasteiger partial charge in [0.05, 0.1) is 24.6 Å². The van der Waals surface area contributed by atoms with Crippen LogP contribution in [0.15, 0.2) is 39.9 Å². The lowest BCUT2D eigenvalue weighted by Crippen LogP contribution is -1.98. The number of aromatic nitrogens is 2. The Balaban J connectivity index is 1.95. The molecule has 0 aliphatic heterocycles. The van der Waals surface area contributed by atoms with Gasteiger partial charge in [-0.05, 0) is 28.1 Å². The number of nitrogens with one attached hydrogen (secondary N) is 1. The Kier molecular flexibility index (Phi) is 2.78. The van der Waals surface area contributed by atoms with Crippen molar-refractivity contribution >= 4 is 21.6 Å². The molecule has 0 saturated heterocycles. The Hall–Kier alpha value is -1.36. The molecule has 2 aromatic rings. The van der Waals surface area contributed by atoms with E-state index in [9.17, 15) is 0 Å². The summed E-state index contributed by atoms with van der Waals surface area (Å²) in [6.07, 6.45) is 4.84. The highest BCUT2D eigenvalue weighted by Crippen LogP contribution is 2.11. The molecular weight excluding hydrogens is 246 g/mol. The molecule has 2 aromatic heterocycles. The molecule has 2 heterocycles. The molecule has 0 aliphatic rings. The Morgan fingerprint density at radius 2 is 2.29 bits per heavy atom. The third kappa shape index (κ3) is 2.32. The summed E-state index contributed by atoms with van der Waals surface area (Å²) in [6, 6.07) is 3.82. The third-order valence-electron chi connectivity index (χ3n) is 1.68. The molecule has 0 fully saturated rings. The Labute approximate surface area is 89.5 Å². The van der Waals surface area contributed by atoms with Crippen molar-refractivity contribution in [2.45, 2.75) is 6.54 Å². The number of halogens is 1. The topological polar surface area (TPSA) is 51.0 Å². The molecule has 72 valence electrons. The summed E-state index contributed by atoms with van der Waals surface area (Å²) < 4.78 is 5.90. The predicted octanol–water partition coefficient (Wildman–Crippen LogP) is 2.44. The van der Waals surface area contributed by atoms with Crippen molar-refractivity contribution in [1.82, 2.24) is 9.97 Å². The van der Waals surface area contributed by atoms with Crippen LogP contribution in [0.1, 0.15) is 5.76 Å². The summed E-state index contributed by atoms with van der Waals surface area (Å²) in [5, 5.41) is 3.16. The smallest absolute Gasteiger partial charge is 0.180 e. The molecule has 0 amide bonds. The predicted molar refractivity (Wildman–Crippen MR) is 55.8 cm³/mol. The summed E-state index contributed by atoms with van der Waals surface area (Å²) in [7, 11) is 0. The van der Waals surface area contributed by atoms with Gasteiger partial charge < -0.3 is 9.73 Å². The number of hydrogen-bond donors (Lipinski definition) is 1.